The third-order valence-corrected chi connectivity index (χ3v) is 3.20. The minimum absolute atomic E-state index is 0.304. The van der Waals surface area contributed by atoms with E-state index in [0.29, 0.717) is 5.92 Å². The Morgan fingerprint density at radius 2 is 1.73 bits per heavy atom. The van der Waals surface area contributed by atoms with Crippen LogP contribution in [-0.4, -0.2) is 5.11 Å². The summed E-state index contributed by atoms with van der Waals surface area (Å²) in [6.07, 6.45) is 1.69. The van der Waals surface area contributed by atoms with Gasteiger partial charge in [-0.3, -0.25) is 0 Å². The molecule has 0 spiro atoms. The number of aliphatic hydroxyl groups excluding tert-OH is 1. The SMILES string of the molecule is CCC(C)CC(O)c1c(C)cccc1C. The normalized spacial score (nSPS) is 15.0. The molecule has 0 aromatic heterocycles. The first-order chi connectivity index (χ1) is 7.06. The summed E-state index contributed by atoms with van der Waals surface area (Å²) in [5.41, 5.74) is 3.52. The van der Waals surface area contributed by atoms with Gasteiger partial charge in [0.05, 0.1) is 6.10 Å². The van der Waals surface area contributed by atoms with Crippen molar-refractivity contribution < 1.29 is 5.11 Å². The largest absolute Gasteiger partial charge is 0.388 e. The lowest BCUT2D eigenvalue weighted by Crippen LogP contribution is -2.07. The molecule has 0 aliphatic carbocycles. The quantitative estimate of drug-likeness (QED) is 0.795. The van der Waals surface area contributed by atoms with Crippen molar-refractivity contribution in [3.63, 3.8) is 0 Å². The molecule has 1 rings (SSSR count). The molecule has 1 heteroatoms. The topological polar surface area (TPSA) is 20.2 Å². The predicted octanol–water partition coefficient (Wildman–Crippen LogP) is 3.77. The van der Waals surface area contributed by atoms with Crippen LogP contribution < -0.4 is 0 Å². The van der Waals surface area contributed by atoms with Crippen molar-refractivity contribution in [3.05, 3.63) is 34.9 Å². The lowest BCUT2D eigenvalue weighted by atomic mass is 9.91. The van der Waals surface area contributed by atoms with Gasteiger partial charge in [0.1, 0.15) is 0 Å². The summed E-state index contributed by atoms with van der Waals surface area (Å²) in [4.78, 5) is 0. The summed E-state index contributed by atoms with van der Waals surface area (Å²) in [5, 5.41) is 10.2. The Bertz CT molecular complexity index is 297. The van der Waals surface area contributed by atoms with Gasteiger partial charge in [-0.1, -0.05) is 38.5 Å². The summed E-state index contributed by atoms with van der Waals surface area (Å²) in [6, 6.07) is 6.19. The maximum absolute atomic E-state index is 10.2. The van der Waals surface area contributed by atoms with Gasteiger partial charge in [0.2, 0.25) is 0 Å². The van der Waals surface area contributed by atoms with Gasteiger partial charge in [-0.25, -0.2) is 0 Å². The molecule has 1 N–H and O–H groups in total. The zero-order valence-corrected chi connectivity index (χ0v) is 10.2. The maximum atomic E-state index is 10.2. The highest BCUT2D eigenvalue weighted by atomic mass is 16.3. The number of aryl methyl sites for hydroxylation is 2. The average Bonchev–Trinajstić information content (AvgIpc) is 2.17. The predicted molar refractivity (Wildman–Crippen MR) is 64.9 cm³/mol. The highest BCUT2D eigenvalue weighted by Gasteiger charge is 2.15. The van der Waals surface area contributed by atoms with Gasteiger partial charge in [-0.05, 0) is 42.9 Å². The van der Waals surface area contributed by atoms with Crippen molar-refractivity contribution in [2.75, 3.05) is 0 Å². The van der Waals surface area contributed by atoms with E-state index >= 15 is 0 Å². The number of rotatable bonds is 4. The Morgan fingerprint density at radius 1 is 1.20 bits per heavy atom. The fourth-order valence-electron chi connectivity index (χ4n) is 2.02. The first-order valence-electron chi connectivity index (χ1n) is 5.80. The van der Waals surface area contributed by atoms with Crippen LogP contribution in [0.1, 0.15) is 49.5 Å². The van der Waals surface area contributed by atoms with Crippen molar-refractivity contribution in [2.24, 2.45) is 5.92 Å². The molecule has 0 aliphatic rings. The monoisotopic (exact) mass is 206 g/mol. The number of aliphatic hydroxyl groups is 1. The molecule has 0 saturated carbocycles. The summed E-state index contributed by atoms with van der Waals surface area (Å²) in [7, 11) is 0. The number of hydrogen-bond donors (Lipinski definition) is 1. The molecule has 0 amide bonds. The van der Waals surface area contributed by atoms with Crippen LogP contribution in [0.3, 0.4) is 0 Å². The minimum Gasteiger partial charge on any atom is -0.388 e. The second-order valence-corrected chi connectivity index (χ2v) is 4.57. The van der Waals surface area contributed by atoms with Crippen LogP contribution in [0.5, 0.6) is 0 Å². The van der Waals surface area contributed by atoms with Crippen LogP contribution >= 0.6 is 0 Å². The molecule has 0 saturated heterocycles. The third kappa shape index (κ3) is 3.07. The van der Waals surface area contributed by atoms with Crippen LogP contribution in [0.15, 0.2) is 18.2 Å². The van der Waals surface area contributed by atoms with E-state index in [1.54, 1.807) is 0 Å². The minimum atomic E-state index is -0.304. The summed E-state index contributed by atoms with van der Waals surface area (Å²) in [5.74, 6) is 0.582. The molecular weight excluding hydrogens is 184 g/mol. The lowest BCUT2D eigenvalue weighted by molar-refractivity contribution is 0.145. The molecule has 84 valence electrons. The average molecular weight is 206 g/mol. The molecule has 0 bridgehead atoms. The van der Waals surface area contributed by atoms with E-state index in [1.807, 2.05) is 6.07 Å². The maximum Gasteiger partial charge on any atom is 0.0797 e. The number of benzene rings is 1. The molecule has 0 radical (unpaired) electrons. The Balaban J connectivity index is 2.86. The summed E-state index contributed by atoms with van der Waals surface area (Å²) >= 11 is 0. The van der Waals surface area contributed by atoms with E-state index in [9.17, 15) is 5.11 Å². The van der Waals surface area contributed by atoms with Crippen molar-refractivity contribution in [2.45, 2.75) is 46.6 Å². The van der Waals surface area contributed by atoms with Gasteiger partial charge >= 0.3 is 0 Å². The van der Waals surface area contributed by atoms with Crippen molar-refractivity contribution >= 4 is 0 Å². The molecule has 0 fully saturated rings. The van der Waals surface area contributed by atoms with Gasteiger partial charge < -0.3 is 5.11 Å². The van der Waals surface area contributed by atoms with E-state index in [2.05, 4.69) is 39.8 Å². The Hall–Kier alpha value is -0.820. The number of hydrogen-bond acceptors (Lipinski definition) is 1. The van der Waals surface area contributed by atoms with Crippen molar-refractivity contribution in [1.29, 1.82) is 0 Å². The Morgan fingerprint density at radius 3 is 2.20 bits per heavy atom. The van der Waals surface area contributed by atoms with Crippen LogP contribution in [0.4, 0.5) is 0 Å². The first kappa shape index (κ1) is 12.3. The fourth-order valence-corrected chi connectivity index (χ4v) is 2.02. The van der Waals surface area contributed by atoms with Gasteiger partial charge in [-0.2, -0.15) is 0 Å². The van der Waals surface area contributed by atoms with Crippen LogP contribution in [0.2, 0.25) is 0 Å². The summed E-state index contributed by atoms with van der Waals surface area (Å²) in [6.45, 7) is 8.50. The summed E-state index contributed by atoms with van der Waals surface area (Å²) < 4.78 is 0. The third-order valence-electron chi connectivity index (χ3n) is 3.20. The van der Waals surface area contributed by atoms with Gasteiger partial charge in [0.25, 0.3) is 0 Å². The van der Waals surface area contributed by atoms with Crippen LogP contribution in [0.25, 0.3) is 0 Å². The molecule has 2 atom stereocenters. The highest BCUT2D eigenvalue weighted by molar-refractivity contribution is 5.35. The fraction of sp³-hybridized carbons (Fsp3) is 0.571. The zero-order valence-electron chi connectivity index (χ0n) is 10.2. The molecule has 1 aromatic carbocycles. The Kier molecular flexibility index (Phi) is 4.34. The molecular formula is C14H22O. The molecule has 15 heavy (non-hydrogen) atoms. The van der Waals surface area contributed by atoms with E-state index in [4.69, 9.17) is 0 Å². The molecule has 1 aromatic rings. The van der Waals surface area contributed by atoms with Crippen molar-refractivity contribution in [3.8, 4) is 0 Å². The molecule has 1 nitrogen and oxygen atoms in total. The van der Waals surface area contributed by atoms with E-state index < -0.39 is 0 Å². The molecule has 2 unspecified atom stereocenters. The van der Waals surface area contributed by atoms with E-state index in [-0.39, 0.29) is 6.10 Å². The lowest BCUT2D eigenvalue weighted by Gasteiger charge is -2.19. The van der Waals surface area contributed by atoms with Crippen LogP contribution in [0, 0.1) is 19.8 Å². The smallest absolute Gasteiger partial charge is 0.0797 e. The van der Waals surface area contributed by atoms with Gasteiger partial charge in [0.15, 0.2) is 0 Å². The standard InChI is InChI=1S/C14H22O/c1-5-10(2)9-13(15)14-11(3)7-6-8-12(14)4/h6-8,10,13,15H,5,9H2,1-4H3. The molecule has 0 heterocycles. The zero-order chi connectivity index (χ0) is 11.4. The second kappa shape index (κ2) is 5.32. The second-order valence-electron chi connectivity index (χ2n) is 4.57. The highest BCUT2D eigenvalue weighted by Crippen LogP contribution is 2.27. The Labute approximate surface area is 93.1 Å². The van der Waals surface area contributed by atoms with Crippen LogP contribution in [-0.2, 0) is 0 Å². The van der Waals surface area contributed by atoms with Gasteiger partial charge in [0, 0.05) is 0 Å². The first-order valence-corrected chi connectivity index (χ1v) is 5.80. The van der Waals surface area contributed by atoms with Crippen molar-refractivity contribution in [1.82, 2.24) is 0 Å². The van der Waals surface area contributed by atoms with E-state index in [0.717, 1.165) is 18.4 Å². The van der Waals surface area contributed by atoms with Gasteiger partial charge in [-0.15, -0.1) is 0 Å². The molecule has 0 aliphatic heterocycles. The van der Waals surface area contributed by atoms with E-state index in [1.165, 1.54) is 11.1 Å².